The fourth-order valence-corrected chi connectivity index (χ4v) is 3.67. The summed E-state index contributed by atoms with van der Waals surface area (Å²) >= 11 is 0.0959. The van der Waals surface area contributed by atoms with Crippen LogP contribution in [0.5, 0.6) is 5.75 Å². The molecule has 0 aromatic heterocycles. The molecule has 1 unspecified atom stereocenters. The van der Waals surface area contributed by atoms with Crippen molar-refractivity contribution in [2.24, 2.45) is 0 Å². The zero-order chi connectivity index (χ0) is 16.5. The predicted molar refractivity (Wildman–Crippen MR) is 102 cm³/mol. The molecule has 1 aromatic rings. The molecule has 1 aromatic carbocycles. The van der Waals surface area contributed by atoms with E-state index in [0.717, 1.165) is 17.7 Å². The molecule has 0 saturated heterocycles. The molecule has 0 saturated carbocycles. The van der Waals surface area contributed by atoms with Gasteiger partial charge in [0.15, 0.2) is 0 Å². The van der Waals surface area contributed by atoms with Gasteiger partial charge in [0.25, 0.3) is 0 Å². The SMILES string of the molecule is CC#CC(CC(=O)O)c1ccc(OCC2=CCC=IC=C2)cc1. The molecule has 0 bridgehead atoms. The Kier molecular flexibility index (Phi) is 7.08. The second-order valence-electron chi connectivity index (χ2n) is 4.99. The predicted octanol–water partition coefficient (Wildman–Crippen LogP) is 4.26. The second kappa shape index (κ2) is 9.31. The van der Waals surface area contributed by atoms with Crippen LogP contribution in [-0.4, -0.2) is 21.7 Å². The third kappa shape index (κ3) is 6.03. The van der Waals surface area contributed by atoms with Crippen molar-refractivity contribution in [3.8, 4) is 17.6 Å². The highest BCUT2D eigenvalue weighted by Gasteiger charge is 2.13. The Morgan fingerprint density at radius 2 is 2.17 bits per heavy atom. The molecule has 2 rings (SSSR count). The Labute approximate surface area is 146 Å². The zero-order valence-electron chi connectivity index (χ0n) is 13.0. The van der Waals surface area contributed by atoms with E-state index >= 15 is 0 Å². The Morgan fingerprint density at radius 1 is 1.39 bits per heavy atom. The monoisotopic (exact) mass is 422 g/mol. The summed E-state index contributed by atoms with van der Waals surface area (Å²) in [6.07, 6.45) is 5.37. The zero-order valence-corrected chi connectivity index (χ0v) is 15.1. The minimum absolute atomic E-state index is 0.0122. The molecule has 1 atom stereocenters. The van der Waals surface area contributed by atoms with Gasteiger partial charge in [0.05, 0.1) is 12.3 Å². The van der Waals surface area contributed by atoms with Crippen molar-refractivity contribution in [3.63, 3.8) is 0 Å². The Bertz CT molecular complexity index is 688. The number of ether oxygens (including phenoxy) is 1. The highest BCUT2D eigenvalue weighted by molar-refractivity contribution is 14.2. The Balaban J connectivity index is 1.99. The molecular weight excluding hydrogens is 403 g/mol. The van der Waals surface area contributed by atoms with E-state index in [9.17, 15) is 4.79 Å². The number of hydrogen-bond donors (Lipinski definition) is 1. The van der Waals surface area contributed by atoms with Crippen LogP contribution in [0.25, 0.3) is 0 Å². The normalized spacial score (nSPS) is 14.6. The van der Waals surface area contributed by atoms with E-state index in [1.807, 2.05) is 24.3 Å². The van der Waals surface area contributed by atoms with Gasteiger partial charge in [-0.1, -0.05) is 50.9 Å². The first kappa shape index (κ1) is 17.5. The molecule has 0 radical (unpaired) electrons. The van der Waals surface area contributed by atoms with Crippen molar-refractivity contribution in [3.05, 3.63) is 51.6 Å². The first-order chi connectivity index (χ1) is 11.2. The smallest absolute Gasteiger partial charge is 0.304 e. The summed E-state index contributed by atoms with van der Waals surface area (Å²) < 4.78 is 10.4. The lowest BCUT2D eigenvalue weighted by Gasteiger charge is -2.11. The van der Waals surface area contributed by atoms with Gasteiger partial charge in [-0.3, -0.25) is 4.79 Å². The van der Waals surface area contributed by atoms with Crippen molar-refractivity contribution in [1.82, 2.24) is 0 Å². The molecule has 0 aliphatic carbocycles. The number of carboxylic acid groups (broad SMARTS) is 1. The van der Waals surface area contributed by atoms with Gasteiger partial charge in [-0.05, 0) is 44.7 Å². The fourth-order valence-electron chi connectivity index (χ4n) is 2.16. The average molecular weight is 422 g/mol. The third-order valence-corrected chi connectivity index (χ3v) is 5.09. The van der Waals surface area contributed by atoms with Crippen molar-refractivity contribution in [2.75, 3.05) is 6.61 Å². The van der Waals surface area contributed by atoms with Crippen molar-refractivity contribution >= 4 is 30.7 Å². The number of carboxylic acids is 1. The number of aliphatic carboxylic acids is 1. The summed E-state index contributed by atoms with van der Waals surface area (Å²) in [7, 11) is 0. The molecular formula is C19H19IO3. The minimum atomic E-state index is -0.843. The average Bonchev–Trinajstić information content (AvgIpc) is 2.81. The topological polar surface area (TPSA) is 46.5 Å². The quantitative estimate of drug-likeness (QED) is 0.551. The third-order valence-electron chi connectivity index (χ3n) is 3.29. The molecule has 0 amide bonds. The molecule has 3 nitrogen and oxygen atoms in total. The maximum Gasteiger partial charge on any atom is 0.304 e. The summed E-state index contributed by atoms with van der Waals surface area (Å²) in [6.45, 7) is 2.28. The number of rotatable bonds is 6. The molecule has 1 N–H and O–H groups in total. The molecule has 0 spiro atoms. The van der Waals surface area contributed by atoms with E-state index in [2.05, 4.69) is 32.1 Å². The largest absolute Gasteiger partial charge is 0.489 e. The summed E-state index contributed by atoms with van der Waals surface area (Å²) in [5.74, 6) is 5.41. The van der Waals surface area contributed by atoms with Crippen molar-refractivity contribution in [1.29, 1.82) is 0 Å². The maximum absolute atomic E-state index is 10.9. The van der Waals surface area contributed by atoms with E-state index in [0.29, 0.717) is 6.61 Å². The standard InChI is InChI=1S/C19H19IO3/c1-2-4-17(13-19(21)22)16-6-8-18(9-7-16)23-14-15-5-3-11-20-12-10-15/h5-12,17H,3,13-14H2,1H3,(H,21,22). The second-order valence-corrected chi connectivity index (χ2v) is 7.31. The molecule has 1 heterocycles. The Hall–Kier alpha value is -1.87. The van der Waals surface area contributed by atoms with Gasteiger partial charge < -0.3 is 9.84 Å². The van der Waals surface area contributed by atoms with Gasteiger partial charge in [0.2, 0.25) is 0 Å². The molecule has 120 valence electrons. The van der Waals surface area contributed by atoms with Gasteiger partial charge >= 0.3 is 5.97 Å². The van der Waals surface area contributed by atoms with Gasteiger partial charge in [0.1, 0.15) is 12.4 Å². The van der Waals surface area contributed by atoms with Crippen LogP contribution in [0.15, 0.2) is 46.1 Å². The van der Waals surface area contributed by atoms with Crippen LogP contribution in [0.1, 0.15) is 31.2 Å². The molecule has 1 aliphatic heterocycles. The van der Waals surface area contributed by atoms with Gasteiger partial charge in [-0.25, -0.2) is 0 Å². The highest BCUT2D eigenvalue weighted by atomic mass is 127. The maximum atomic E-state index is 10.9. The van der Waals surface area contributed by atoms with Crippen LogP contribution < -0.4 is 4.74 Å². The summed E-state index contributed by atoms with van der Waals surface area (Å²) in [5.41, 5.74) is 2.10. The summed E-state index contributed by atoms with van der Waals surface area (Å²) in [6, 6.07) is 7.54. The van der Waals surface area contributed by atoms with Crippen LogP contribution in [-0.2, 0) is 4.79 Å². The lowest BCUT2D eigenvalue weighted by Crippen LogP contribution is -2.05. The first-order valence-electron chi connectivity index (χ1n) is 7.35. The van der Waals surface area contributed by atoms with Crippen LogP contribution in [0.4, 0.5) is 0 Å². The molecule has 23 heavy (non-hydrogen) atoms. The van der Waals surface area contributed by atoms with E-state index in [4.69, 9.17) is 9.84 Å². The summed E-state index contributed by atoms with van der Waals surface area (Å²) in [5, 5.41) is 8.97. The van der Waals surface area contributed by atoms with E-state index in [1.54, 1.807) is 6.92 Å². The molecule has 0 fully saturated rings. The molecule has 1 aliphatic rings. The Morgan fingerprint density at radius 3 is 2.87 bits per heavy atom. The number of hydrogen-bond acceptors (Lipinski definition) is 2. The highest BCUT2D eigenvalue weighted by Crippen LogP contribution is 2.22. The lowest BCUT2D eigenvalue weighted by atomic mass is 9.96. The van der Waals surface area contributed by atoms with Crippen LogP contribution in [0, 0.1) is 11.8 Å². The van der Waals surface area contributed by atoms with Gasteiger partial charge in [-0.15, -0.1) is 5.92 Å². The fraction of sp³-hybridized carbons (Fsp3) is 0.263. The van der Waals surface area contributed by atoms with Crippen LogP contribution >= 0.6 is 20.7 Å². The van der Waals surface area contributed by atoms with Crippen molar-refractivity contribution in [2.45, 2.75) is 25.7 Å². The van der Waals surface area contributed by atoms with Gasteiger partial charge in [0, 0.05) is 0 Å². The summed E-state index contributed by atoms with van der Waals surface area (Å²) in [4.78, 5) is 10.9. The lowest BCUT2D eigenvalue weighted by molar-refractivity contribution is -0.137. The van der Waals surface area contributed by atoms with Crippen LogP contribution in [0.3, 0.4) is 0 Å². The van der Waals surface area contributed by atoms with E-state index in [1.165, 1.54) is 5.57 Å². The van der Waals surface area contributed by atoms with E-state index < -0.39 is 5.97 Å². The minimum Gasteiger partial charge on any atom is -0.489 e. The first-order valence-corrected chi connectivity index (χ1v) is 9.84. The number of halogens is 1. The number of allylic oxidation sites excluding steroid dienone is 1. The van der Waals surface area contributed by atoms with E-state index in [-0.39, 0.29) is 33.1 Å². The molecule has 4 heteroatoms. The number of benzene rings is 1. The van der Waals surface area contributed by atoms with Crippen LogP contribution in [0.2, 0.25) is 0 Å². The van der Waals surface area contributed by atoms with Gasteiger partial charge in [-0.2, -0.15) is 0 Å². The van der Waals surface area contributed by atoms with Crippen molar-refractivity contribution < 1.29 is 14.6 Å². The number of carbonyl (C=O) groups is 1.